The molecule has 3 heterocycles. The van der Waals surface area contributed by atoms with E-state index in [1.165, 1.54) is 5.57 Å². The Morgan fingerprint density at radius 2 is 1.97 bits per heavy atom. The van der Waals surface area contributed by atoms with Crippen LogP contribution in [0.1, 0.15) is 37.1 Å². The van der Waals surface area contributed by atoms with Gasteiger partial charge in [-0.2, -0.15) is 5.26 Å². The van der Waals surface area contributed by atoms with Gasteiger partial charge >= 0.3 is 0 Å². The lowest BCUT2D eigenvalue weighted by Gasteiger charge is -2.15. The molecular weight excluding hydrogens is 428 g/mol. The molecular formula is C27H26N4OS. The van der Waals surface area contributed by atoms with E-state index in [2.05, 4.69) is 36.0 Å². The molecule has 1 aliphatic heterocycles. The number of rotatable bonds is 6. The summed E-state index contributed by atoms with van der Waals surface area (Å²) in [4.78, 5) is 9.11. The van der Waals surface area contributed by atoms with Crippen LogP contribution >= 0.6 is 11.8 Å². The van der Waals surface area contributed by atoms with Crippen LogP contribution in [0.25, 0.3) is 16.8 Å². The zero-order chi connectivity index (χ0) is 23.2. The van der Waals surface area contributed by atoms with Gasteiger partial charge in [0.25, 0.3) is 0 Å². The smallest absolute Gasteiger partial charge is 0.161 e. The van der Waals surface area contributed by atoms with Crippen molar-refractivity contribution < 1.29 is 4.74 Å². The van der Waals surface area contributed by atoms with Crippen molar-refractivity contribution in [3.63, 3.8) is 0 Å². The Labute approximate surface area is 199 Å². The van der Waals surface area contributed by atoms with E-state index < -0.39 is 0 Å². The Balaban J connectivity index is 1.76. The number of nitrogens with two attached hydrogens (primary N) is 1. The van der Waals surface area contributed by atoms with E-state index in [1.54, 1.807) is 36.3 Å². The molecule has 1 aromatic carbocycles. The molecule has 3 aromatic rings. The van der Waals surface area contributed by atoms with Crippen LogP contribution in [0.5, 0.6) is 5.75 Å². The number of hydrogen-bond donors (Lipinski definition) is 1. The number of thioether (sulfide) groups is 1. The normalized spacial score (nSPS) is 16.1. The fourth-order valence-corrected chi connectivity index (χ4v) is 4.92. The number of aromatic nitrogens is 2. The fraction of sp³-hybridized carbons (Fsp3) is 0.222. The zero-order valence-electron chi connectivity index (χ0n) is 18.8. The van der Waals surface area contributed by atoms with Gasteiger partial charge in [0.15, 0.2) is 5.09 Å². The van der Waals surface area contributed by atoms with Gasteiger partial charge in [-0.1, -0.05) is 30.3 Å². The third-order valence-corrected chi connectivity index (χ3v) is 6.43. The highest BCUT2D eigenvalue weighted by atomic mass is 32.2. The maximum atomic E-state index is 9.49. The summed E-state index contributed by atoms with van der Waals surface area (Å²) >= 11 is 1.68. The molecule has 0 saturated heterocycles. The molecule has 1 aliphatic rings. The number of nitrogens with zero attached hydrogens (tertiary/aromatic N) is 3. The second-order valence-corrected chi connectivity index (χ2v) is 9.46. The predicted octanol–water partition coefficient (Wildman–Crippen LogP) is 5.74. The molecule has 0 spiro atoms. The lowest BCUT2D eigenvalue weighted by Crippen LogP contribution is -2.03. The largest absolute Gasteiger partial charge is 0.450 e. The molecule has 0 fully saturated rings. The highest BCUT2D eigenvalue weighted by molar-refractivity contribution is 8.03. The first kappa shape index (κ1) is 22.8. The van der Waals surface area contributed by atoms with E-state index in [4.69, 9.17) is 10.5 Å². The molecule has 1 atom stereocenters. The van der Waals surface area contributed by atoms with Crippen molar-refractivity contribution in [2.75, 3.05) is 6.54 Å². The second-order valence-electron chi connectivity index (χ2n) is 8.02. The van der Waals surface area contributed by atoms with E-state index in [-0.39, 0.29) is 0 Å². The number of ether oxygens (including phenoxy) is 1. The zero-order valence-corrected chi connectivity index (χ0v) is 19.6. The molecule has 0 amide bonds. The van der Waals surface area contributed by atoms with Crippen molar-refractivity contribution in [1.82, 2.24) is 9.97 Å². The summed E-state index contributed by atoms with van der Waals surface area (Å²) in [6.45, 7) is 4.91. The molecule has 2 N–H and O–H groups in total. The average molecular weight is 455 g/mol. The van der Waals surface area contributed by atoms with Gasteiger partial charge in [-0.25, -0.2) is 0 Å². The monoisotopic (exact) mass is 454 g/mol. The first-order valence-corrected chi connectivity index (χ1v) is 11.8. The lowest BCUT2D eigenvalue weighted by molar-refractivity contribution is 0.467. The van der Waals surface area contributed by atoms with Crippen LogP contribution in [-0.2, 0) is 6.42 Å². The summed E-state index contributed by atoms with van der Waals surface area (Å²) in [5.74, 6) is 0.609. The summed E-state index contributed by atoms with van der Waals surface area (Å²) in [7, 11) is 0. The van der Waals surface area contributed by atoms with E-state index in [1.807, 2.05) is 36.4 Å². The topological polar surface area (TPSA) is 84.8 Å². The summed E-state index contributed by atoms with van der Waals surface area (Å²) in [5, 5.41) is 10.6. The molecule has 33 heavy (non-hydrogen) atoms. The van der Waals surface area contributed by atoms with Crippen LogP contribution in [0.2, 0.25) is 0 Å². The molecule has 0 aliphatic carbocycles. The van der Waals surface area contributed by atoms with Gasteiger partial charge in [-0.15, -0.1) is 0 Å². The minimum atomic E-state index is 0.339. The van der Waals surface area contributed by atoms with E-state index in [0.717, 1.165) is 46.0 Å². The van der Waals surface area contributed by atoms with Crippen molar-refractivity contribution in [3.8, 4) is 23.1 Å². The summed E-state index contributed by atoms with van der Waals surface area (Å²) in [6, 6.07) is 17.6. The highest BCUT2D eigenvalue weighted by Gasteiger charge is 2.20. The second kappa shape index (κ2) is 10.5. The van der Waals surface area contributed by atoms with Gasteiger partial charge in [-0.05, 0) is 80.4 Å². The Bertz CT molecular complexity index is 1240. The van der Waals surface area contributed by atoms with E-state index in [9.17, 15) is 5.26 Å². The van der Waals surface area contributed by atoms with Crippen molar-refractivity contribution >= 4 is 17.3 Å². The lowest BCUT2D eigenvalue weighted by atomic mass is 10.0. The molecule has 0 bridgehead atoms. The minimum absolute atomic E-state index is 0.339. The average Bonchev–Trinajstić information content (AvgIpc) is 2.97. The third kappa shape index (κ3) is 5.51. The highest BCUT2D eigenvalue weighted by Crippen LogP contribution is 2.39. The van der Waals surface area contributed by atoms with Crippen molar-refractivity contribution in [2.45, 2.75) is 31.9 Å². The standard InChI is InChI=1S/C27H26N4OS/c1-18-13-19(2)33-27(16-23(18)24-5-3-4-11-30-24)32-26-15-21(17-29)6-7-22(26)25-14-20(8-10-28)9-12-31-25/h3-7,9,11-12,14-16,19H,8,10,13,28H2,1-2H3. The SMILES string of the molecule is CC1=C(c2ccccn2)C=C(Oc2cc(C#N)ccc2-c2cc(CCN)ccn2)SC(C)C1. The minimum Gasteiger partial charge on any atom is -0.450 e. The molecule has 6 heteroatoms. The van der Waals surface area contributed by atoms with Gasteiger partial charge < -0.3 is 10.5 Å². The third-order valence-electron chi connectivity index (χ3n) is 5.43. The number of nitriles is 1. The Kier molecular flexibility index (Phi) is 7.23. The van der Waals surface area contributed by atoms with Crippen LogP contribution in [0, 0.1) is 11.3 Å². The number of hydrogen-bond acceptors (Lipinski definition) is 6. The molecule has 0 radical (unpaired) electrons. The van der Waals surface area contributed by atoms with Crippen molar-refractivity contribution in [2.24, 2.45) is 5.73 Å². The maximum absolute atomic E-state index is 9.49. The fourth-order valence-electron chi connectivity index (χ4n) is 3.86. The van der Waals surface area contributed by atoms with Crippen molar-refractivity contribution in [3.05, 3.63) is 94.5 Å². The molecule has 2 aromatic heterocycles. The Morgan fingerprint density at radius 3 is 2.73 bits per heavy atom. The molecule has 166 valence electrons. The summed E-state index contributed by atoms with van der Waals surface area (Å²) < 4.78 is 6.48. The Morgan fingerprint density at radius 1 is 1.12 bits per heavy atom. The van der Waals surface area contributed by atoms with Gasteiger partial charge in [-0.3, -0.25) is 9.97 Å². The molecule has 4 rings (SSSR count). The number of allylic oxidation sites excluding steroid dienone is 3. The maximum Gasteiger partial charge on any atom is 0.161 e. The summed E-state index contributed by atoms with van der Waals surface area (Å²) in [5.41, 5.74) is 12.3. The summed E-state index contributed by atoms with van der Waals surface area (Å²) in [6.07, 6.45) is 7.37. The predicted molar refractivity (Wildman–Crippen MR) is 134 cm³/mol. The van der Waals surface area contributed by atoms with Gasteiger partial charge in [0, 0.05) is 28.8 Å². The molecule has 5 nitrogen and oxygen atoms in total. The van der Waals surface area contributed by atoms with Crippen molar-refractivity contribution in [1.29, 1.82) is 5.26 Å². The van der Waals surface area contributed by atoms with Crippen LogP contribution < -0.4 is 10.5 Å². The van der Waals surface area contributed by atoms with Crippen LogP contribution in [0.15, 0.2) is 77.7 Å². The molecule has 0 saturated carbocycles. The van der Waals surface area contributed by atoms with Crippen LogP contribution in [0.4, 0.5) is 0 Å². The van der Waals surface area contributed by atoms with Crippen LogP contribution in [-0.4, -0.2) is 21.8 Å². The first-order chi connectivity index (χ1) is 16.1. The van der Waals surface area contributed by atoms with Gasteiger partial charge in [0.05, 0.1) is 23.0 Å². The number of pyridine rings is 2. The van der Waals surface area contributed by atoms with E-state index >= 15 is 0 Å². The Hall–Kier alpha value is -3.40. The first-order valence-electron chi connectivity index (χ1n) is 10.9. The number of benzene rings is 1. The van der Waals surface area contributed by atoms with E-state index in [0.29, 0.717) is 23.1 Å². The quantitative estimate of drug-likeness (QED) is 0.511. The van der Waals surface area contributed by atoms with Gasteiger partial charge in [0.2, 0.25) is 0 Å². The van der Waals surface area contributed by atoms with Gasteiger partial charge in [0.1, 0.15) is 5.75 Å². The van der Waals surface area contributed by atoms with Crippen LogP contribution in [0.3, 0.4) is 0 Å². The molecule has 1 unspecified atom stereocenters.